The summed E-state index contributed by atoms with van der Waals surface area (Å²) >= 11 is 0. The van der Waals surface area contributed by atoms with Gasteiger partial charge in [0.1, 0.15) is 0 Å². The zero-order valence-corrected chi connectivity index (χ0v) is 11.9. The molecule has 0 bridgehead atoms. The van der Waals surface area contributed by atoms with Gasteiger partial charge in [0, 0.05) is 31.5 Å². The first-order chi connectivity index (χ1) is 8.43. The summed E-state index contributed by atoms with van der Waals surface area (Å²) in [5.41, 5.74) is 3.34. The Balaban J connectivity index is 2.21. The van der Waals surface area contributed by atoms with E-state index >= 15 is 0 Å². The zero-order valence-electron chi connectivity index (χ0n) is 11.1. The number of nitrogens with zero attached hydrogens (tertiary/aromatic N) is 1. The standard InChI is InChI=1S/C13H20N2O2S/c1-10-8-11(14-2)4-5-13(10)15(3)12-6-7-18(16,17)9-12/h4-5,8,12,14H,6-7,9H2,1-3H3. The van der Waals surface area contributed by atoms with E-state index in [1.807, 2.05) is 26.2 Å². The second-order valence-corrected chi connectivity index (χ2v) is 7.15. The molecule has 5 heteroatoms. The summed E-state index contributed by atoms with van der Waals surface area (Å²) in [6.45, 7) is 2.05. The van der Waals surface area contributed by atoms with Gasteiger partial charge in [0.25, 0.3) is 0 Å². The van der Waals surface area contributed by atoms with Crippen LogP contribution in [0.2, 0.25) is 0 Å². The van der Waals surface area contributed by atoms with E-state index in [1.165, 1.54) is 0 Å². The third kappa shape index (κ3) is 2.61. The van der Waals surface area contributed by atoms with Gasteiger partial charge in [-0.15, -0.1) is 0 Å². The molecule has 0 aromatic heterocycles. The highest BCUT2D eigenvalue weighted by atomic mass is 32.2. The van der Waals surface area contributed by atoms with Crippen LogP contribution in [0, 0.1) is 6.92 Å². The first-order valence-corrected chi connectivity index (χ1v) is 7.97. The minimum atomic E-state index is -2.83. The van der Waals surface area contributed by atoms with Crippen molar-refractivity contribution in [2.45, 2.75) is 19.4 Å². The molecule has 1 aliphatic heterocycles. The topological polar surface area (TPSA) is 49.4 Å². The molecule has 0 aliphatic carbocycles. The Kier molecular flexibility index (Phi) is 3.52. The summed E-state index contributed by atoms with van der Waals surface area (Å²) in [5.74, 6) is 0.590. The highest BCUT2D eigenvalue weighted by molar-refractivity contribution is 7.91. The lowest BCUT2D eigenvalue weighted by Gasteiger charge is -2.27. The molecule has 1 aliphatic rings. The molecular weight excluding hydrogens is 248 g/mol. The largest absolute Gasteiger partial charge is 0.388 e. The Bertz CT molecular complexity index is 540. The number of anilines is 2. The molecule has 0 saturated carbocycles. The lowest BCUT2D eigenvalue weighted by atomic mass is 10.1. The maximum absolute atomic E-state index is 11.5. The molecule has 1 N–H and O–H groups in total. The van der Waals surface area contributed by atoms with Gasteiger partial charge in [-0.05, 0) is 37.1 Å². The van der Waals surface area contributed by atoms with Crippen LogP contribution in [-0.2, 0) is 9.84 Å². The number of nitrogens with one attached hydrogen (secondary N) is 1. The molecule has 0 radical (unpaired) electrons. The Labute approximate surface area is 109 Å². The number of aryl methyl sites for hydroxylation is 1. The van der Waals surface area contributed by atoms with E-state index in [4.69, 9.17) is 0 Å². The summed E-state index contributed by atoms with van der Waals surface area (Å²) in [7, 11) is 1.04. The third-order valence-electron chi connectivity index (χ3n) is 3.62. The fourth-order valence-corrected chi connectivity index (χ4v) is 4.26. The molecule has 0 amide bonds. The first kappa shape index (κ1) is 13.2. The van der Waals surface area contributed by atoms with E-state index in [-0.39, 0.29) is 11.8 Å². The fraction of sp³-hybridized carbons (Fsp3) is 0.538. The van der Waals surface area contributed by atoms with Gasteiger partial charge in [0.2, 0.25) is 0 Å². The maximum Gasteiger partial charge on any atom is 0.152 e. The van der Waals surface area contributed by atoms with E-state index in [1.54, 1.807) is 0 Å². The Hall–Kier alpha value is -1.23. The van der Waals surface area contributed by atoms with Gasteiger partial charge >= 0.3 is 0 Å². The zero-order chi connectivity index (χ0) is 13.3. The molecule has 100 valence electrons. The molecule has 4 nitrogen and oxygen atoms in total. The Morgan fingerprint density at radius 2 is 2.11 bits per heavy atom. The highest BCUT2D eigenvalue weighted by Gasteiger charge is 2.31. The predicted molar refractivity (Wildman–Crippen MR) is 76.2 cm³/mol. The van der Waals surface area contributed by atoms with Crippen molar-refractivity contribution < 1.29 is 8.42 Å². The van der Waals surface area contributed by atoms with Gasteiger partial charge in [-0.25, -0.2) is 8.42 Å². The molecule has 1 fully saturated rings. The second kappa shape index (κ2) is 4.80. The predicted octanol–water partition coefficient (Wildman–Crippen LogP) is 1.66. The van der Waals surface area contributed by atoms with E-state index in [9.17, 15) is 8.42 Å². The van der Waals surface area contributed by atoms with Crippen LogP contribution in [0.4, 0.5) is 11.4 Å². The second-order valence-electron chi connectivity index (χ2n) is 4.92. The van der Waals surface area contributed by atoms with Crippen LogP contribution in [0.1, 0.15) is 12.0 Å². The van der Waals surface area contributed by atoms with Gasteiger partial charge in [-0.3, -0.25) is 0 Å². The van der Waals surface area contributed by atoms with Gasteiger partial charge in [-0.2, -0.15) is 0 Å². The van der Waals surface area contributed by atoms with E-state index < -0.39 is 9.84 Å². The van der Waals surface area contributed by atoms with Crippen LogP contribution in [0.25, 0.3) is 0 Å². The quantitative estimate of drug-likeness (QED) is 0.906. The van der Waals surface area contributed by atoms with Crippen LogP contribution in [0.3, 0.4) is 0 Å². The monoisotopic (exact) mass is 268 g/mol. The van der Waals surface area contributed by atoms with Crippen molar-refractivity contribution in [2.24, 2.45) is 0 Å². The number of hydrogen-bond donors (Lipinski definition) is 1. The first-order valence-electron chi connectivity index (χ1n) is 6.14. The SMILES string of the molecule is CNc1ccc(N(C)C2CCS(=O)(=O)C2)c(C)c1. The van der Waals surface area contributed by atoms with E-state index in [2.05, 4.69) is 23.2 Å². The molecule has 1 saturated heterocycles. The summed E-state index contributed by atoms with van der Waals surface area (Å²) in [6.07, 6.45) is 0.728. The van der Waals surface area contributed by atoms with Gasteiger partial charge in [-0.1, -0.05) is 0 Å². The molecule has 18 heavy (non-hydrogen) atoms. The molecular formula is C13H20N2O2S. The number of hydrogen-bond acceptors (Lipinski definition) is 4. The lowest BCUT2D eigenvalue weighted by molar-refractivity contribution is 0.601. The summed E-state index contributed by atoms with van der Waals surface area (Å²) < 4.78 is 23.1. The summed E-state index contributed by atoms with van der Waals surface area (Å²) in [4.78, 5) is 2.10. The average molecular weight is 268 g/mol. The van der Waals surface area contributed by atoms with Gasteiger partial charge < -0.3 is 10.2 Å². The van der Waals surface area contributed by atoms with Crippen molar-refractivity contribution in [3.05, 3.63) is 23.8 Å². The van der Waals surface area contributed by atoms with Crippen molar-refractivity contribution in [3.8, 4) is 0 Å². The van der Waals surface area contributed by atoms with Gasteiger partial charge in [0.05, 0.1) is 11.5 Å². The fourth-order valence-electron chi connectivity index (χ4n) is 2.48. The summed E-state index contributed by atoms with van der Waals surface area (Å²) in [5, 5.41) is 3.10. The van der Waals surface area contributed by atoms with Crippen molar-refractivity contribution in [1.29, 1.82) is 0 Å². The van der Waals surface area contributed by atoms with E-state index in [0.717, 1.165) is 23.4 Å². The van der Waals surface area contributed by atoms with E-state index in [0.29, 0.717) is 5.75 Å². The van der Waals surface area contributed by atoms with Crippen LogP contribution < -0.4 is 10.2 Å². The average Bonchev–Trinajstić information content (AvgIpc) is 2.68. The molecule has 1 aromatic carbocycles. The minimum absolute atomic E-state index is 0.106. The summed E-state index contributed by atoms with van der Waals surface area (Å²) in [6, 6.07) is 6.25. The lowest BCUT2D eigenvalue weighted by Crippen LogP contribution is -2.32. The van der Waals surface area contributed by atoms with Crippen LogP contribution >= 0.6 is 0 Å². The van der Waals surface area contributed by atoms with Crippen LogP contribution in [0.15, 0.2) is 18.2 Å². The highest BCUT2D eigenvalue weighted by Crippen LogP contribution is 2.27. The van der Waals surface area contributed by atoms with Gasteiger partial charge in [0.15, 0.2) is 9.84 Å². The smallest absolute Gasteiger partial charge is 0.152 e. The van der Waals surface area contributed by atoms with Crippen LogP contribution in [0.5, 0.6) is 0 Å². The molecule has 1 unspecified atom stereocenters. The molecule has 0 spiro atoms. The normalized spacial score (nSPS) is 21.8. The Morgan fingerprint density at radius 3 is 2.61 bits per heavy atom. The number of rotatable bonds is 3. The third-order valence-corrected chi connectivity index (χ3v) is 5.37. The minimum Gasteiger partial charge on any atom is -0.388 e. The van der Waals surface area contributed by atoms with Crippen molar-refractivity contribution >= 4 is 21.2 Å². The molecule has 1 heterocycles. The maximum atomic E-state index is 11.5. The molecule has 2 rings (SSSR count). The molecule has 1 atom stereocenters. The van der Waals surface area contributed by atoms with Crippen LogP contribution in [-0.4, -0.2) is 40.1 Å². The number of sulfone groups is 1. The van der Waals surface area contributed by atoms with Crippen molar-refractivity contribution in [1.82, 2.24) is 0 Å². The van der Waals surface area contributed by atoms with Crippen molar-refractivity contribution in [2.75, 3.05) is 35.8 Å². The molecule has 1 aromatic rings. The van der Waals surface area contributed by atoms with Crippen molar-refractivity contribution in [3.63, 3.8) is 0 Å². The number of benzene rings is 1. The Morgan fingerprint density at radius 1 is 1.39 bits per heavy atom.